The maximum absolute atomic E-state index is 13.0. The minimum atomic E-state index is -1.07. The lowest BCUT2D eigenvalue weighted by molar-refractivity contribution is -0.138. The molecule has 1 unspecified atom stereocenters. The van der Waals surface area contributed by atoms with Crippen LogP contribution in [0.25, 0.3) is 0 Å². The molecule has 25 heavy (non-hydrogen) atoms. The van der Waals surface area contributed by atoms with Crippen molar-refractivity contribution < 1.29 is 19.1 Å². The van der Waals surface area contributed by atoms with Crippen LogP contribution in [0, 0.1) is 5.82 Å². The highest BCUT2D eigenvalue weighted by molar-refractivity contribution is 5.93. The van der Waals surface area contributed by atoms with Crippen molar-refractivity contribution >= 4 is 11.9 Å². The van der Waals surface area contributed by atoms with Crippen molar-refractivity contribution in [1.29, 1.82) is 0 Å². The Kier molecular flexibility index (Phi) is 5.11. The number of carbonyl (C=O) groups excluding carboxylic acids is 1. The fourth-order valence-electron chi connectivity index (χ4n) is 3.26. The number of benzene rings is 1. The number of aromatic nitrogens is 2. The average Bonchev–Trinajstić information content (AvgIpc) is 3.27. The Morgan fingerprint density at radius 3 is 2.56 bits per heavy atom. The monoisotopic (exact) mass is 345 g/mol. The van der Waals surface area contributed by atoms with Crippen molar-refractivity contribution in [3.05, 3.63) is 53.6 Å². The Labute approximate surface area is 144 Å². The zero-order valence-corrected chi connectivity index (χ0v) is 13.7. The Balaban J connectivity index is 1.69. The Morgan fingerprint density at radius 1 is 1.24 bits per heavy atom. The number of carboxylic acids is 1. The standard InChI is InChI=1S/C18H20FN3O3/c19-13-7-5-12(6-8-13)15(18(24)25)11-20-17(23)16-9-10-21-22(16)14-3-1-2-4-14/h5-10,14-15H,1-4,11H2,(H,20,23)(H,24,25). The fraction of sp³-hybridized carbons (Fsp3) is 0.389. The molecular weight excluding hydrogens is 325 g/mol. The second kappa shape index (κ2) is 7.46. The van der Waals surface area contributed by atoms with Crippen molar-refractivity contribution in [2.75, 3.05) is 6.54 Å². The third-order valence-electron chi connectivity index (χ3n) is 4.61. The zero-order valence-electron chi connectivity index (χ0n) is 13.7. The smallest absolute Gasteiger partial charge is 0.312 e. The fourth-order valence-corrected chi connectivity index (χ4v) is 3.26. The zero-order chi connectivity index (χ0) is 17.8. The number of rotatable bonds is 6. The summed E-state index contributed by atoms with van der Waals surface area (Å²) in [4.78, 5) is 24.0. The number of nitrogens with zero attached hydrogens (tertiary/aromatic N) is 2. The van der Waals surface area contributed by atoms with Gasteiger partial charge in [-0.1, -0.05) is 25.0 Å². The number of carboxylic acid groups (broad SMARTS) is 1. The van der Waals surface area contributed by atoms with Crippen molar-refractivity contribution in [3.63, 3.8) is 0 Å². The van der Waals surface area contributed by atoms with Gasteiger partial charge in [0, 0.05) is 12.7 Å². The second-order valence-electron chi connectivity index (χ2n) is 6.25. The molecule has 2 aromatic rings. The first-order valence-corrected chi connectivity index (χ1v) is 8.36. The van der Waals surface area contributed by atoms with Crippen LogP contribution in [0.1, 0.15) is 53.7 Å². The Morgan fingerprint density at radius 2 is 1.92 bits per heavy atom. The van der Waals surface area contributed by atoms with Crippen molar-refractivity contribution in [2.45, 2.75) is 37.6 Å². The molecule has 1 aliphatic rings. The third-order valence-corrected chi connectivity index (χ3v) is 4.61. The van der Waals surface area contributed by atoms with Gasteiger partial charge in [0.2, 0.25) is 0 Å². The van der Waals surface area contributed by atoms with E-state index in [1.807, 2.05) is 0 Å². The van der Waals surface area contributed by atoms with Crippen molar-refractivity contribution in [2.24, 2.45) is 0 Å². The average molecular weight is 345 g/mol. The summed E-state index contributed by atoms with van der Waals surface area (Å²) >= 11 is 0. The van der Waals surface area contributed by atoms with Gasteiger partial charge in [-0.05, 0) is 36.6 Å². The molecule has 1 fully saturated rings. The molecule has 0 radical (unpaired) electrons. The van der Waals surface area contributed by atoms with E-state index in [1.165, 1.54) is 24.3 Å². The summed E-state index contributed by atoms with van der Waals surface area (Å²) in [7, 11) is 0. The van der Waals surface area contributed by atoms with Gasteiger partial charge < -0.3 is 10.4 Å². The molecule has 0 saturated heterocycles. The number of nitrogens with one attached hydrogen (secondary N) is 1. The summed E-state index contributed by atoms with van der Waals surface area (Å²) in [5, 5.41) is 16.3. The largest absolute Gasteiger partial charge is 0.481 e. The van der Waals surface area contributed by atoms with Crippen LogP contribution in [-0.2, 0) is 4.79 Å². The lowest BCUT2D eigenvalue weighted by atomic mass is 9.99. The summed E-state index contributed by atoms with van der Waals surface area (Å²) in [6.07, 6.45) is 5.82. The number of aliphatic carboxylic acids is 1. The van der Waals surface area contributed by atoms with Gasteiger partial charge in [0.15, 0.2) is 0 Å². The molecule has 0 bridgehead atoms. The number of carbonyl (C=O) groups is 2. The summed E-state index contributed by atoms with van der Waals surface area (Å²) in [6.45, 7) is -0.0738. The van der Waals surface area contributed by atoms with Crippen LogP contribution >= 0.6 is 0 Å². The van der Waals surface area contributed by atoms with E-state index >= 15 is 0 Å². The van der Waals surface area contributed by atoms with E-state index in [0.29, 0.717) is 11.3 Å². The SMILES string of the molecule is O=C(NCC(C(=O)O)c1ccc(F)cc1)c1ccnn1C1CCCC1. The topological polar surface area (TPSA) is 84.2 Å². The molecule has 132 valence electrons. The molecule has 2 N–H and O–H groups in total. The van der Waals surface area contributed by atoms with E-state index in [0.717, 1.165) is 25.7 Å². The van der Waals surface area contributed by atoms with Crippen molar-refractivity contribution in [3.8, 4) is 0 Å². The van der Waals surface area contributed by atoms with Gasteiger partial charge in [0.05, 0.1) is 12.0 Å². The minimum Gasteiger partial charge on any atom is -0.481 e. The number of halogens is 1. The molecule has 1 heterocycles. The molecule has 1 atom stereocenters. The Hall–Kier alpha value is -2.70. The highest BCUT2D eigenvalue weighted by Crippen LogP contribution is 2.29. The molecule has 1 aliphatic carbocycles. The van der Waals surface area contributed by atoms with Crippen LogP contribution < -0.4 is 5.32 Å². The summed E-state index contributed by atoms with van der Waals surface area (Å²) in [5.41, 5.74) is 0.883. The summed E-state index contributed by atoms with van der Waals surface area (Å²) < 4.78 is 14.7. The first-order chi connectivity index (χ1) is 12.1. The number of amides is 1. The van der Waals surface area contributed by atoms with Crippen LogP contribution in [0.4, 0.5) is 4.39 Å². The van der Waals surface area contributed by atoms with Gasteiger partial charge in [-0.3, -0.25) is 14.3 Å². The van der Waals surface area contributed by atoms with Gasteiger partial charge in [0.1, 0.15) is 11.5 Å². The highest BCUT2D eigenvalue weighted by atomic mass is 19.1. The molecule has 0 aliphatic heterocycles. The van der Waals surface area contributed by atoms with Gasteiger partial charge in [0.25, 0.3) is 5.91 Å². The minimum absolute atomic E-state index is 0.0738. The third kappa shape index (κ3) is 3.87. The summed E-state index contributed by atoms with van der Waals surface area (Å²) in [6, 6.07) is 7.13. The molecule has 1 amide bonds. The molecule has 1 saturated carbocycles. The van der Waals surface area contributed by atoms with Crippen molar-refractivity contribution in [1.82, 2.24) is 15.1 Å². The number of hydrogen-bond acceptors (Lipinski definition) is 3. The first kappa shape index (κ1) is 17.1. The van der Waals surface area contributed by atoms with Gasteiger partial charge in [-0.2, -0.15) is 5.10 Å². The second-order valence-corrected chi connectivity index (χ2v) is 6.25. The van der Waals surface area contributed by atoms with Crippen LogP contribution in [0.3, 0.4) is 0 Å². The van der Waals surface area contributed by atoms with E-state index < -0.39 is 17.7 Å². The maximum Gasteiger partial charge on any atom is 0.312 e. The van der Waals surface area contributed by atoms with Gasteiger partial charge >= 0.3 is 5.97 Å². The quantitative estimate of drug-likeness (QED) is 0.843. The lowest BCUT2D eigenvalue weighted by Crippen LogP contribution is -2.33. The van der Waals surface area contributed by atoms with Crippen LogP contribution in [0.2, 0.25) is 0 Å². The predicted molar refractivity (Wildman–Crippen MR) is 88.8 cm³/mol. The number of hydrogen-bond donors (Lipinski definition) is 2. The normalized spacial score (nSPS) is 15.9. The van der Waals surface area contributed by atoms with Gasteiger partial charge in [-0.25, -0.2) is 4.39 Å². The molecule has 0 spiro atoms. The van der Waals surface area contributed by atoms with E-state index in [9.17, 15) is 19.1 Å². The van der Waals surface area contributed by atoms with E-state index in [1.54, 1.807) is 16.9 Å². The lowest BCUT2D eigenvalue weighted by Gasteiger charge is -2.16. The molecular formula is C18H20FN3O3. The van der Waals surface area contributed by atoms with Crippen LogP contribution in [0.15, 0.2) is 36.5 Å². The summed E-state index contributed by atoms with van der Waals surface area (Å²) in [5.74, 6) is -2.79. The highest BCUT2D eigenvalue weighted by Gasteiger charge is 2.25. The van der Waals surface area contributed by atoms with Crippen LogP contribution in [0.5, 0.6) is 0 Å². The van der Waals surface area contributed by atoms with E-state index in [2.05, 4.69) is 10.4 Å². The van der Waals surface area contributed by atoms with Crippen LogP contribution in [-0.4, -0.2) is 33.3 Å². The molecule has 1 aromatic carbocycles. The molecule has 7 heteroatoms. The first-order valence-electron chi connectivity index (χ1n) is 8.36. The Bertz CT molecular complexity index is 751. The predicted octanol–water partition coefficient (Wildman–Crippen LogP) is 2.74. The van der Waals surface area contributed by atoms with Gasteiger partial charge in [-0.15, -0.1) is 0 Å². The molecule has 6 nitrogen and oxygen atoms in total. The van der Waals surface area contributed by atoms with E-state index in [-0.39, 0.29) is 18.5 Å². The maximum atomic E-state index is 13.0. The molecule has 3 rings (SSSR count). The molecule has 1 aromatic heterocycles. The van der Waals surface area contributed by atoms with E-state index in [4.69, 9.17) is 0 Å².